The Labute approximate surface area is 129 Å². The summed E-state index contributed by atoms with van der Waals surface area (Å²) in [7, 11) is 0. The molecule has 1 aromatic carbocycles. The molecule has 0 bridgehead atoms. The Morgan fingerprint density at radius 2 is 1.90 bits per heavy atom. The third-order valence-corrected chi connectivity index (χ3v) is 4.67. The summed E-state index contributed by atoms with van der Waals surface area (Å²) >= 11 is 9.03. The van der Waals surface area contributed by atoms with Gasteiger partial charge in [-0.3, -0.25) is 0 Å². The van der Waals surface area contributed by atoms with Gasteiger partial charge in [-0.2, -0.15) is 5.26 Å². The van der Waals surface area contributed by atoms with Gasteiger partial charge in [-0.15, -0.1) is 23.5 Å². The lowest BCUT2D eigenvalue weighted by Gasteiger charge is -2.06. The first kappa shape index (κ1) is 15.0. The Kier molecular flexibility index (Phi) is 4.81. The standard InChI is InChI=1S/C14H10ClNO2S2/c1-19-12-4-3-8(5-10(12)15)11-6-13(20-2)9(7-16)14(17)18-11/h3-6H,1-2H3. The Bertz CT molecular complexity index is 750. The van der Waals surface area contributed by atoms with Gasteiger partial charge in [0.15, 0.2) is 5.56 Å². The average Bonchev–Trinajstić information content (AvgIpc) is 2.46. The normalized spacial score (nSPS) is 10.3. The Hall–Kier alpha value is -1.35. The molecule has 0 saturated heterocycles. The van der Waals surface area contributed by atoms with Crippen molar-refractivity contribution in [1.29, 1.82) is 5.26 Å². The molecule has 20 heavy (non-hydrogen) atoms. The molecule has 0 N–H and O–H groups in total. The first-order chi connectivity index (χ1) is 9.60. The van der Waals surface area contributed by atoms with E-state index in [1.54, 1.807) is 23.9 Å². The first-order valence-electron chi connectivity index (χ1n) is 5.57. The van der Waals surface area contributed by atoms with E-state index in [-0.39, 0.29) is 5.56 Å². The summed E-state index contributed by atoms with van der Waals surface area (Å²) in [5, 5.41) is 9.56. The molecule has 0 unspecified atom stereocenters. The van der Waals surface area contributed by atoms with Crippen LogP contribution in [0, 0.1) is 11.3 Å². The third-order valence-electron chi connectivity index (χ3n) is 2.68. The van der Waals surface area contributed by atoms with Crippen LogP contribution in [0.2, 0.25) is 5.02 Å². The lowest BCUT2D eigenvalue weighted by atomic mass is 10.1. The maximum Gasteiger partial charge on any atom is 0.355 e. The maximum atomic E-state index is 11.8. The number of halogens is 1. The van der Waals surface area contributed by atoms with Crippen molar-refractivity contribution in [2.45, 2.75) is 9.79 Å². The highest BCUT2D eigenvalue weighted by atomic mass is 35.5. The van der Waals surface area contributed by atoms with Crippen LogP contribution in [-0.2, 0) is 0 Å². The molecular formula is C14H10ClNO2S2. The van der Waals surface area contributed by atoms with Gasteiger partial charge >= 0.3 is 5.63 Å². The molecule has 2 rings (SSSR count). The highest BCUT2D eigenvalue weighted by molar-refractivity contribution is 7.99. The summed E-state index contributed by atoms with van der Waals surface area (Å²) in [6, 6.07) is 9.02. The second-order valence-electron chi connectivity index (χ2n) is 3.80. The predicted molar refractivity (Wildman–Crippen MR) is 83.7 cm³/mol. The summed E-state index contributed by atoms with van der Waals surface area (Å²) < 4.78 is 5.20. The van der Waals surface area contributed by atoms with Crippen molar-refractivity contribution in [1.82, 2.24) is 0 Å². The lowest BCUT2D eigenvalue weighted by molar-refractivity contribution is 0.518. The quantitative estimate of drug-likeness (QED) is 0.789. The van der Waals surface area contributed by atoms with Crippen LogP contribution in [0.15, 0.2) is 43.3 Å². The molecule has 0 radical (unpaired) electrons. The monoisotopic (exact) mass is 323 g/mol. The molecule has 0 fully saturated rings. The fourth-order valence-electron chi connectivity index (χ4n) is 1.70. The number of nitriles is 1. The van der Waals surface area contributed by atoms with E-state index in [2.05, 4.69) is 0 Å². The molecule has 6 heteroatoms. The number of rotatable bonds is 3. The highest BCUT2D eigenvalue weighted by Gasteiger charge is 2.13. The number of thioether (sulfide) groups is 2. The van der Waals surface area contributed by atoms with Crippen LogP contribution in [0.4, 0.5) is 0 Å². The van der Waals surface area contributed by atoms with Gasteiger partial charge in [-0.05, 0) is 30.7 Å². The third kappa shape index (κ3) is 2.88. The lowest BCUT2D eigenvalue weighted by Crippen LogP contribution is -2.06. The van der Waals surface area contributed by atoms with Gasteiger partial charge in [0.1, 0.15) is 11.8 Å². The maximum absolute atomic E-state index is 11.8. The summed E-state index contributed by atoms with van der Waals surface area (Å²) in [5.41, 5.74) is 0.122. The van der Waals surface area contributed by atoms with Crippen LogP contribution in [0.25, 0.3) is 11.3 Å². The zero-order valence-corrected chi connectivity index (χ0v) is 13.2. The van der Waals surface area contributed by atoms with E-state index in [1.165, 1.54) is 11.8 Å². The number of hydrogen-bond donors (Lipinski definition) is 0. The van der Waals surface area contributed by atoms with E-state index in [4.69, 9.17) is 21.3 Å². The van der Waals surface area contributed by atoms with Crippen LogP contribution in [0.5, 0.6) is 0 Å². The summed E-state index contributed by atoms with van der Waals surface area (Å²) in [6.07, 6.45) is 3.75. The molecule has 0 amide bonds. The predicted octanol–water partition coefficient (Wildman–Crippen LogP) is 4.28. The molecule has 0 spiro atoms. The van der Waals surface area contributed by atoms with Crippen LogP contribution in [0.1, 0.15) is 5.56 Å². The van der Waals surface area contributed by atoms with E-state index >= 15 is 0 Å². The van der Waals surface area contributed by atoms with Crippen LogP contribution >= 0.6 is 35.1 Å². The van der Waals surface area contributed by atoms with Crippen molar-refractivity contribution in [3.05, 3.63) is 45.3 Å². The smallest absolute Gasteiger partial charge is 0.355 e. The van der Waals surface area contributed by atoms with Gasteiger partial charge in [0, 0.05) is 15.4 Å². The van der Waals surface area contributed by atoms with Crippen molar-refractivity contribution < 1.29 is 4.42 Å². The Balaban J connectivity index is 2.59. The fraction of sp³-hybridized carbons (Fsp3) is 0.143. The topological polar surface area (TPSA) is 54.0 Å². The first-order valence-corrected chi connectivity index (χ1v) is 8.39. The Morgan fingerprint density at radius 3 is 2.45 bits per heavy atom. The van der Waals surface area contributed by atoms with Crippen LogP contribution in [0.3, 0.4) is 0 Å². The molecule has 0 saturated carbocycles. The SMILES string of the molecule is CSc1ccc(-c2cc(SC)c(C#N)c(=O)o2)cc1Cl. The number of hydrogen-bond acceptors (Lipinski definition) is 5. The zero-order chi connectivity index (χ0) is 14.7. The van der Waals surface area contributed by atoms with Gasteiger partial charge in [-0.25, -0.2) is 4.79 Å². The molecule has 0 aliphatic carbocycles. The number of nitrogens with zero attached hydrogens (tertiary/aromatic N) is 1. The molecule has 0 atom stereocenters. The summed E-state index contributed by atoms with van der Waals surface area (Å²) in [5.74, 6) is 0.410. The van der Waals surface area contributed by atoms with Gasteiger partial charge in [0.25, 0.3) is 0 Å². The molecular weight excluding hydrogens is 314 g/mol. The van der Waals surface area contributed by atoms with E-state index in [1.807, 2.05) is 30.7 Å². The minimum atomic E-state index is -0.626. The molecule has 0 aliphatic rings. The van der Waals surface area contributed by atoms with Crippen LogP contribution < -0.4 is 5.63 Å². The van der Waals surface area contributed by atoms with E-state index < -0.39 is 5.63 Å². The van der Waals surface area contributed by atoms with Gasteiger partial charge < -0.3 is 4.42 Å². The molecule has 1 heterocycles. The van der Waals surface area contributed by atoms with E-state index in [0.717, 1.165) is 4.90 Å². The van der Waals surface area contributed by atoms with Gasteiger partial charge in [0.05, 0.1) is 5.02 Å². The second-order valence-corrected chi connectivity index (χ2v) is 5.91. The molecule has 1 aromatic heterocycles. The van der Waals surface area contributed by atoms with Crippen molar-refractivity contribution in [3.63, 3.8) is 0 Å². The molecule has 3 nitrogen and oxygen atoms in total. The van der Waals surface area contributed by atoms with Gasteiger partial charge in [0.2, 0.25) is 0 Å². The van der Waals surface area contributed by atoms with Crippen LogP contribution in [-0.4, -0.2) is 12.5 Å². The van der Waals surface area contributed by atoms with Gasteiger partial charge in [-0.1, -0.05) is 17.7 Å². The largest absolute Gasteiger partial charge is 0.422 e. The Morgan fingerprint density at radius 1 is 1.20 bits per heavy atom. The second kappa shape index (κ2) is 6.40. The van der Waals surface area contributed by atoms with E-state index in [0.29, 0.717) is 21.2 Å². The van der Waals surface area contributed by atoms with Crippen molar-refractivity contribution in [2.24, 2.45) is 0 Å². The minimum Gasteiger partial charge on any atom is -0.422 e. The zero-order valence-electron chi connectivity index (χ0n) is 10.8. The molecule has 102 valence electrons. The highest BCUT2D eigenvalue weighted by Crippen LogP contribution is 2.31. The van der Waals surface area contributed by atoms with E-state index in [9.17, 15) is 4.79 Å². The molecule has 0 aliphatic heterocycles. The average molecular weight is 324 g/mol. The van der Waals surface area contributed by atoms with Crippen molar-refractivity contribution in [3.8, 4) is 17.4 Å². The van der Waals surface area contributed by atoms with Crippen molar-refractivity contribution >= 4 is 35.1 Å². The molecule has 2 aromatic rings. The number of benzene rings is 1. The summed E-state index contributed by atoms with van der Waals surface area (Å²) in [6.45, 7) is 0. The fourth-order valence-corrected chi connectivity index (χ4v) is 3.12. The summed E-state index contributed by atoms with van der Waals surface area (Å²) in [4.78, 5) is 13.3. The minimum absolute atomic E-state index is 0.0353. The van der Waals surface area contributed by atoms with Crippen molar-refractivity contribution in [2.75, 3.05) is 12.5 Å².